The van der Waals surface area contributed by atoms with Crippen LogP contribution in [0.1, 0.15) is 6.92 Å². The second kappa shape index (κ2) is 4.38. The molecule has 0 aliphatic carbocycles. The number of halogens is 2. The monoisotopic (exact) mass is 366 g/mol. The molecule has 2 fully saturated rings. The highest BCUT2D eigenvalue weighted by Gasteiger charge is 2.63. The smallest absolute Gasteiger partial charge is 0.354 e. The van der Waals surface area contributed by atoms with Gasteiger partial charge in [0.05, 0.1) is 12.4 Å². The van der Waals surface area contributed by atoms with Crippen molar-refractivity contribution in [1.29, 1.82) is 0 Å². The summed E-state index contributed by atoms with van der Waals surface area (Å²) in [5.41, 5.74) is 1.13. The normalized spacial score (nSPS) is 40.1. The first-order valence-corrected chi connectivity index (χ1v) is 8.19. The molecule has 0 radical (unpaired) electrons. The third-order valence-corrected chi connectivity index (χ3v) is 7.30. The number of methoxy groups -OCH3 is 1. The van der Waals surface area contributed by atoms with Crippen molar-refractivity contribution in [2.24, 2.45) is 0 Å². The van der Waals surface area contributed by atoms with E-state index in [2.05, 4.69) is 21.2 Å². The van der Waals surface area contributed by atoms with Crippen molar-refractivity contribution in [3.05, 3.63) is 11.3 Å². The number of nitrogens with zero attached hydrogens (tertiary/aromatic N) is 1. The molecule has 2 bridgehead atoms. The number of carbonyl (C=O) groups excluding carboxylic acids is 2. The van der Waals surface area contributed by atoms with Crippen LogP contribution >= 0.6 is 39.3 Å². The number of carbonyl (C=O) groups is 2. The average Bonchev–Trinajstić information content (AvgIpc) is 2.42. The molecule has 0 spiro atoms. The maximum absolute atomic E-state index is 12.2. The van der Waals surface area contributed by atoms with Crippen molar-refractivity contribution in [1.82, 2.24) is 10.2 Å². The molecule has 3 heterocycles. The lowest BCUT2D eigenvalue weighted by Crippen LogP contribution is -2.79. The number of thioether (sulfide) groups is 1. The highest BCUT2D eigenvalue weighted by atomic mass is 79.9. The molecular formula is C11H12BrClN2O3S. The Morgan fingerprint density at radius 2 is 2.37 bits per heavy atom. The fourth-order valence-corrected chi connectivity index (χ4v) is 5.55. The van der Waals surface area contributed by atoms with Crippen molar-refractivity contribution < 1.29 is 14.3 Å². The first kappa shape index (κ1) is 13.7. The van der Waals surface area contributed by atoms with Gasteiger partial charge >= 0.3 is 5.97 Å². The Balaban J connectivity index is 2.12. The fourth-order valence-electron chi connectivity index (χ4n) is 2.78. The number of amides is 1. The van der Waals surface area contributed by atoms with Crippen molar-refractivity contribution in [2.75, 3.05) is 12.4 Å². The summed E-state index contributed by atoms with van der Waals surface area (Å²) in [7, 11) is 1.32. The number of rotatable bonds is 2. The van der Waals surface area contributed by atoms with E-state index in [1.807, 2.05) is 6.92 Å². The van der Waals surface area contributed by atoms with Gasteiger partial charge < -0.3 is 4.74 Å². The number of β-lactam (4-membered cyclic amide) rings is 1. The summed E-state index contributed by atoms with van der Waals surface area (Å²) in [4.78, 5) is 24.8. The van der Waals surface area contributed by atoms with E-state index >= 15 is 0 Å². The van der Waals surface area contributed by atoms with E-state index < -0.39 is 11.0 Å². The van der Waals surface area contributed by atoms with Crippen LogP contribution in [0, 0.1) is 0 Å². The maximum Gasteiger partial charge on any atom is 0.354 e. The van der Waals surface area contributed by atoms with Gasteiger partial charge in [-0.05, 0) is 12.5 Å². The van der Waals surface area contributed by atoms with Crippen LogP contribution in [0.3, 0.4) is 0 Å². The summed E-state index contributed by atoms with van der Waals surface area (Å²) < 4.78 is 4.80. The Morgan fingerprint density at radius 3 is 2.95 bits per heavy atom. The standard InChI is InChI=1S/C11H12BrClN2O3S/c1-4-6(10(17)18-2)15-8(16)5-9(15)19-7(4)11(13,3-12)14-5/h5,7,9,14H,3H2,1-2H3/t5-,7?,9-,11?/m0/s1. The molecule has 5 nitrogen and oxygen atoms in total. The lowest BCUT2D eigenvalue weighted by molar-refractivity contribution is -0.151. The number of esters is 1. The van der Waals surface area contributed by atoms with Gasteiger partial charge in [-0.1, -0.05) is 27.5 Å². The number of nitrogens with one attached hydrogen (secondary N) is 1. The van der Waals surface area contributed by atoms with E-state index in [9.17, 15) is 9.59 Å². The lowest BCUT2D eigenvalue weighted by atomic mass is 9.94. The van der Waals surface area contributed by atoms with Gasteiger partial charge in [-0.15, -0.1) is 11.8 Å². The highest BCUT2D eigenvalue weighted by molar-refractivity contribution is 9.09. The minimum atomic E-state index is -0.767. The number of fused-ring (bicyclic) bond motifs is 1. The molecule has 3 aliphatic rings. The Morgan fingerprint density at radius 1 is 1.68 bits per heavy atom. The third kappa shape index (κ3) is 1.65. The van der Waals surface area contributed by atoms with Gasteiger partial charge in [0.2, 0.25) is 5.91 Å². The summed E-state index contributed by atoms with van der Waals surface area (Å²) in [6.07, 6.45) is 0. The van der Waals surface area contributed by atoms with Crippen LogP contribution in [0.4, 0.5) is 0 Å². The minimum Gasteiger partial charge on any atom is -0.464 e. The molecule has 0 aromatic rings. The van der Waals surface area contributed by atoms with Gasteiger partial charge in [0.15, 0.2) is 0 Å². The van der Waals surface area contributed by atoms with Crippen LogP contribution in [0.5, 0.6) is 0 Å². The molecule has 104 valence electrons. The SMILES string of the molecule is COC(=O)C1=C(C)C2S[C@H]3[C@@H](NC2(Cl)CBr)C(=O)N13. The molecule has 1 N–H and O–H groups in total. The molecule has 8 heteroatoms. The quantitative estimate of drug-likeness (QED) is 0.342. The Labute approximate surface area is 128 Å². The summed E-state index contributed by atoms with van der Waals surface area (Å²) in [6.45, 7) is 1.83. The van der Waals surface area contributed by atoms with Crippen molar-refractivity contribution in [3.63, 3.8) is 0 Å². The van der Waals surface area contributed by atoms with E-state index in [4.69, 9.17) is 16.3 Å². The zero-order valence-electron chi connectivity index (χ0n) is 10.3. The first-order valence-electron chi connectivity index (χ1n) is 5.75. The van der Waals surface area contributed by atoms with E-state index in [0.29, 0.717) is 11.0 Å². The van der Waals surface area contributed by atoms with Gasteiger partial charge in [-0.25, -0.2) is 4.79 Å². The fraction of sp³-hybridized carbons (Fsp3) is 0.636. The van der Waals surface area contributed by atoms with E-state index in [1.54, 1.807) is 11.8 Å². The highest BCUT2D eigenvalue weighted by Crippen LogP contribution is 2.53. The summed E-state index contributed by atoms with van der Waals surface area (Å²) in [5.74, 6) is -0.600. The topological polar surface area (TPSA) is 58.6 Å². The van der Waals surface area contributed by atoms with E-state index in [-0.39, 0.29) is 22.6 Å². The maximum atomic E-state index is 12.2. The molecule has 19 heavy (non-hydrogen) atoms. The zero-order chi connectivity index (χ0) is 13.9. The van der Waals surface area contributed by atoms with Crippen LogP contribution in [-0.4, -0.2) is 50.9 Å². The van der Waals surface area contributed by atoms with Gasteiger partial charge in [0.1, 0.15) is 22.1 Å². The van der Waals surface area contributed by atoms with E-state index in [0.717, 1.165) is 5.57 Å². The second-order valence-corrected chi connectivity index (χ2v) is 7.22. The van der Waals surface area contributed by atoms with Crippen LogP contribution < -0.4 is 5.32 Å². The van der Waals surface area contributed by atoms with Gasteiger partial charge in [-0.2, -0.15) is 0 Å². The molecule has 3 rings (SSSR count). The van der Waals surface area contributed by atoms with Crippen molar-refractivity contribution in [2.45, 2.75) is 28.6 Å². The van der Waals surface area contributed by atoms with Gasteiger partial charge in [-0.3, -0.25) is 15.0 Å². The summed E-state index contributed by atoms with van der Waals surface area (Å²) in [6, 6.07) is -0.330. The predicted molar refractivity (Wildman–Crippen MR) is 76.0 cm³/mol. The summed E-state index contributed by atoms with van der Waals surface area (Å²) >= 11 is 11.6. The Hall–Kier alpha value is -0.240. The molecule has 2 saturated heterocycles. The molecule has 0 aromatic heterocycles. The zero-order valence-corrected chi connectivity index (χ0v) is 13.4. The van der Waals surface area contributed by atoms with Gasteiger partial charge in [0, 0.05) is 5.33 Å². The van der Waals surface area contributed by atoms with Crippen LogP contribution in [0.15, 0.2) is 11.3 Å². The number of hydrogen-bond donors (Lipinski definition) is 1. The second-order valence-electron chi connectivity index (χ2n) is 4.76. The number of ether oxygens (including phenoxy) is 1. The predicted octanol–water partition coefficient (Wildman–Crippen LogP) is 1.02. The summed E-state index contributed by atoms with van der Waals surface area (Å²) in [5, 5.41) is 3.53. The molecule has 4 atom stereocenters. The van der Waals surface area contributed by atoms with Crippen molar-refractivity contribution in [3.8, 4) is 0 Å². The molecule has 1 amide bonds. The van der Waals surface area contributed by atoms with Gasteiger partial charge in [0.25, 0.3) is 0 Å². The average molecular weight is 368 g/mol. The van der Waals surface area contributed by atoms with Crippen LogP contribution in [0.25, 0.3) is 0 Å². The molecule has 2 unspecified atom stereocenters. The van der Waals surface area contributed by atoms with Crippen LogP contribution in [0.2, 0.25) is 0 Å². The minimum absolute atomic E-state index is 0.0683. The Kier molecular flexibility index (Phi) is 3.16. The largest absolute Gasteiger partial charge is 0.464 e. The van der Waals surface area contributed by atoms with Crippen LogP contribution in [-0.2, 0) is 14.3 Å². The molecule has 0 saturated carbocycles. The Bertz CT molecular complexity index is 514. The number of hydrogen-bond acceptors (Lipinski definition) is 5. The molecule has 0 aromatic carbocycles. The third-order valence-electron chi connectivity index (χ3n) is 3.71. The molecular weight excluding hydrogens is 356 g/mol. The first-order chi connectivity index (χ1) is 8.94. The lowest BCUT2D eigenvalue weighted by Gasteiger charge is -2.59. The van der Waals surface area contributed by atoms with Crippen molar-refractivity contribution >= 4 is 51.2 Å². The van der Waals surface area contributed by atoms with E-state index in [1.165, 1.54) is 12.0 Å². The molecule has 3 aliphatic heterocycles. The number of alkyl halides is 2.